The number of hydrogen-bond acceptors (Lipinski definition) is 4. The van der Waals surface area contributed by atoms with E-state index in [1.807, 2.05) is 24.3 Å². The van der Waals surface area contributed by atoms with Crippen molar-refractivity contribution in [1.29, 1.82) is 0 Å². The van der Waals surface area contributed by atoms with Crippen molar-refractivity contribution in [3.05, 3.63) is 53.6 Å². The quantitative estimate of drug-likeness (QED) is 0.787. The van der Waals surface area contributed by atoms with Gasteiger partial charge in [-0.25, -0.2) is 0 Å². The fourth-order valence-corrected chi connectivity index (χ4v) is 2.74. The first-order valence-corrected chi connectivity index (χ1v) is 8.78. The maximum atomic E-state index is 10.1. The Kier molecular flexibility index (Phi) is 6.02. The highest BCUT2D eigenvalue weighted by molar-refractivity contribution is 6.30. The standard InChI is InChI=1S/C19H22ClNO4/c1-13(19-12-24-17-4-2-3-5-18(17)25-19)21-10-15(22)11-23-16-8-6-14(20)7-9-16/h2-9,13,15,19,21-22H,10-12H2,1H3/p+1/t13-,15+,19-/m1/s1. The molecule has 134 valence electrons. The molecule has 0 saturated carbocycles. The van der Waals surface area contributed by atoms with E-state index in [1.165, 1.54) is 0 Å². The predicted molar refractivity (Wildman–Crippen MR) is 95.6 cm³/mol. The lowest BCUT2D eigenvalue weighted by Crippen LogP contribution is -2.94. The smallest absolute Gasteiger partial charge is 0.184 e. The van der Waals surface area contributed by atoms with Crippen molar-refractivity contribution in [2.24, 2.45) is 0 Å². The van der Waals surface area contributed by atoms with Crippen LogP contribution in [-0.2, 0) is 0 Å². The summed E-state index contributed by atoms with van der Waals surface area (Å²) < 4.78 is 17.3. The fraction of sp³-hybridized carbons (Fsp3) is 0.368. The summed E-state index contributed by atoms with van der Waals surface area (Å²) in [5, 5.41) is 12.8. The molecule has 5 nitrogen and oxygen atoms in total. The molecule has 1 aliphatic heterocycles. The van der Waals surface area contributed by atoms with Gasteiger partial charge in [0.2, 0.25) is 0 Å². The molecule has 0 unspecified atom stereocenters. The van der Waals surface area contributed by atoms with Gasteiger partial charge >= 0.3 is 0 Å². The SMILES string of the molecule is C[C@@H]([NH2+]C[C@H](O)COc1ccc(Cl)cc1)[C@H]1COc2ccccc2O1. The topological polar surface area (TPSA) is 64.5 Å². The highest BCUT2D eigenvalue weighted by Gasteiger charge is 2.28. The van der Waals surface area contributed by atoms with Crippen molar-refractivity contribution >= 4 is 11.6 Å². The van der Waals surface area contributed by atoms with E-state index in [1.54, 1.807) is 24.3 Å². The minimum Gasteiger partial charge on any atom is -0.491 e. The summed E-state index contributed by atoms with van der Waals surface area (Å²) in [5.41, 5.74) is 0. The van der Waals surface area contributed by atoms with Gasteiger partial charge in [-0.1, -0.05) is 23.7 Å². The third-order valence-electron chi connectivity index (χ3n) is 4.15. The molecule has 3 N–H and O–H groups in total. The van der Waals surface area contributed by atoms with Crippen molar-refractivity contribution < 1.29 is 24.6 Å². The normalized spacial score (nSPS) is 18.4. The second-order valence-corrected chi connectivity index (χ2v) is 6.60. The Morgan fingerprint density at radius 2 is 1.92 bits per heavy atom. The van der Waals surface area contributed by atoms with Crippen LogP contribution in [0.4, 0.5) is 0 Å². The molecular weight excluding hydrogens is 342 g/mol. The van der Waals surface area contributed by atoms with E-state index in [4.69, 9.17) is 25.8 Å². The van der Waals surface area contributed by atoms with Crippen molar-refractivity contribution in [2.45, 2.75) is 25.2 Å². The Hall–Kier alpha value is -1.95. The van der Waals surface area contributed by atoms with Gasteiger partial charge in [0.05, 0.1) is 0 Å². The highest BCUT2D eigenvalue weighted by Crippen LogP contribution is 2.31. The number of rotatable bonds is 7. The molecule has 6 heteroatoms. The average Bonchev–Trinajstić information content (AvgIpc) is 2.65. The van der Waals surface area contributed by atoms with Gasteiger partial charge in [0.25, 0.3) is 0 Å². The second-order valence-electron chi connectivity index (χ2n) is 6.16. The van der Waals surface area contributed by atoms with Crippen LogP contribution < -0.4 is 19.5 Å². The molecule has 25 heavy (non-hydrogen) atoms. The largest absolute Gasteiger partial charge is 0.491 e. The van der Waals surface area contributed by atoms with Gasteiger partial charge in [-0.15, -0.1) is 0 Å². The maximum Gasteiger partial charge on any atom is 0.184 e. The lowest BCUT2D eigenvalue weighted by atomic mass is 10.1. The zero-order valence-corrected chi connectivity index (χ0v) is 14.9. The Morgan fingerprint density at radius 1 is 1.20 bits per heavy atom. The van der Waals surface area contributed by atoms with Gasteiger partial charge < -0.3 is 24.6 Å². The summed E-state index contributed by atoms with van der Waals surface area (Å²) >= 11 is 5.83. The van der Waals surface area contributed by atoms with E-state index in [0.29, 0.717) is 23.9 Å². The molecule has 0 spiro atoms. The number of aliphatic hydroxyl groups excluding tert-OH is 1. The molecule has 1 heterocycles. The minimum atomic E-state index is -0.574. The molecule has 0 aliphatic carbocycles. The molecule has 0 bridgehead atoms. The van der Waals surface area contributed by atoms with Crippen molar-refractivity contribution in [2.75, 3.05) is 19.8 Å². The Morgan fingerprint density at radius 3 is 2.68 bits per heavy atom. The molecular formula is C19H23ClNO4+. The molecule has 3 atom stereocenters. The summed E-state index contributed by atoms with van der Waals surface area (Å²) in [6.45, 7) is 3.33. The van der Waals surface area contributed by atoms with Crippen LogP contribution in [0.15, 0.2) is 48.5 Å². The summed E-state index contributed by atoms with van der Waals surface area (Å²) in [5.74, 6) is 2.24. The summed E-state index contributed by atoms with van der Waals surface area (Å²) in [7, 11) is 0. The van der Waals surface area contributed by atoms with Crippen LogP contribution in [0.2, 0.25) is 5.02 Å². The van der Waals surface area contributed by atoms with Crippen molar-refractivity contribution in [3.63, 3.8) is 0 Å². The van der Waals surface area contributed by atoms with E-state index >= 15 is 0 Å². The van der Waals surface area contributed by atoms with Crippen molar-refractivity contribution in [3.8, 4) is 17.2 Å². The van der Waals surface area contributed by atoms with Gasteiger partial charge in [-0.05, 0) is 43.3 Å². The second kappa shape index (κ2) is 8.43. The Balaban J connectivity index is 1.41. The number of para-hydroxylation sites is 2. The number of hydrogen-bond donors (Lipinski definition) is 2. The summed E-state index contributed by atoms with van der Waals surface area (Å²) in [4.78, 5) is 0. The van der Waals surface area contributed by atoms with Crippen molar-refractivity contribution in [1.82, 2.24) is 0 Å². The average molecular weight is 365 g/mol. The van der Waals surface area contributed by atoms with Crippen LogP contribution in [0, 0.1) is 0 Å². The van der Waals surface area contributed by atoms with Gasteiger partial charge in [0, 0.05) is 5.02 Å². The minimum absolute atomic E-state index is 0.0562. The first-order valence-electron chi connectivity index (χ1n) is 8.40. The predicted octanol–water partition coefficient (Wildman–Crippen LogP) is 1.87. The number of nitrogens with two attached hydrogens (primary N) is 1. The van der Waals surface area contributed by atoms with E-state index in [0.717, 1.165) is 11.5 Å². The molecule has 2 aromatic rings. The molecule has 3 rings (SSSR count). The zero-order chi connectivity index (χ0) is 17.6. The fourth-order valence-electron chi connectivity index (χ4n) is 2.61. The summed E-state index contributed by atoms with van der Waals surface area (Å²) in [6, 6.07) is 14.9. The van der Waals surface area contributed by atoms with Crippen LogP contribution in [-0.4, -0.2) is 43.1 Å². The Labute approximate surface area is 152 Å². The molecule has 2 aromatic carbocycles. The van der Waals surface area contributed by atoms with Crippen LogP contribution >= 0.6 is 11.6 Å². The molecule has 0 fully saturated rings. The monoisotopic (exact) mass is 364 g/mol. The first kappa shape index (κ1) is 17.9. The number of benzene rings is 2. The molecule has 0 saturated heterocycles. The van der Waals surface area contributed by atoms with Gasteiger partial charge in [-0.2, -0.15) is 0 Å². The first-order chi connectivity index (χ1) is 12.1. The van der Waals surface area contributed by atoms with E-state index in [2.05, 4.69) is 12.2 Å². The third-order valence-corrected chi connectivity index (χ3v) is 4.40. The van der Waals surface area contributed by atoms with E-state index < -0.39 is 6.10 Å². The number of quaternary nitrogens is 1. The lowest BCUT2D eigenvalue weighted by molar-refractivity contribution is -0.698. The van der Waals surface area contributed by atoms with E-state index in [-0.39, 0.29) is 18.8 Å². The van der Waals surface area contributed by atoms with Gasteiger partial charge in [0.15, 0.2) is 17.6 Å². The Bertz CT molecular complexity index is 679. The van der Waals surface area contributed by atoms with E-state index in [9.17, 15) is 5.11 Å². The van der Waals surface area contributed by atoms with Crippen LogP contribution in [0.1, 0.15) is 6.92 Å². The van der Waals surface area contributed by atoms with Crippen LogP contribution in [0.3, 0.4) is 0 Å². The number of ether oxygens (including phenoxy) is 3. The molecule has 0 radical (unpaired) electrons. The molecule has 0 amide bonds. The molecule has 1 aliphatic rings. The maximum absolute atomic E-state index is 10.1. The lowest BCUT2D eigenvalue weighted by Gasteiger charge is -2.29. The number of fused-ring (bicyclic) bond motifs is 1. The van der Waals surface area contributed by atoms with Gasteiger partial charge in [0.1, 0.15) is 37.7 Å². The third kappa shape index (κ3) is 5.01. The van der Waals surface area contributed by atoms with Gasteiger partial charge in [-0.3, -0.25) is 0 Å². The van der Waals surface area contributed by atoms with Crippen LogP contribution in [0.25, 0.3) is 0 Å². The highest BCUT2D eigenvalue weighted by atomic mass is 35.5. The number of halogens is 1. The summed E-state index contributed by atoms with van der Waals surface area (Å²) in [6.07, 6.45) is -0.630. The number of aliphatic hydroxyl groups is 1. The molecule has 0 aromatic heterocycles. The van der Waals surface area contributed by atoms with Crippen LogP contribution in [0.5, 0.6) is 17.2 Å². The zero-order valence-electron chi connectivity index (χ0n) is 14.1.